The van der Waals surface area contributed by atoms with Crippen molar-refractivity contribution in [2.45, 2.75) is 19.1 Å². The fourth-order valence-electron chi connectivity index (χ4n) is 1.70. The molecule has 0 saturated heterocycles. The number of ether oxygens (including phenoxy) is 3. The molecule has 1 aromatic carbocycles. The van der Waals surface area contributed by atoms with Crippen LogP contribution in [0.4, 0.5) is 0 Å². The van der Waals surface area contributed by atoms with E-state index in [-0.39, 0.29) is 0 Å². The first-order chi connectivity index (χ1) is 9.76. The number of nitrogens with one attached hydrogen (secondary N) is 1. The maximum atomic E-state index is 9.73. The Labute approximate surface area is 120 Å². The first-order valence-electron chi connectivity index (χ1n) is 6.84. The molecule has 0 spiro atoms. The summed E-state index contributed by atoms with van der Waals surface area (Å²) >= 11 is 0. The van der Waals surface area contributed by atoms with Crippen molar-refractivity contribution in [1.29, 1.82) is 0 Å². The SMILES string of the molecule is COCCCNC[C@@H](O)COCc1ccc(OC)cc1. The molecule has 1 rings (SSSR count). The molecule has 114 valence electrons. The Kier molecular flexibility index (Phi) is 8.98. The van der Waals surface area contributed by atoms with Gasteiger partial charge in [0.25, 0.3) is 0 Å². The highest BCUT2D eigenvalue weighted by atomic mass is 16.5. The zero-order valence-corrected chi connectivity index (χ0v) is 12.3. The molecule has 0 heterocycles. The number of benzene rings is 1. The lowest BCUT2D eigenvalue weighted by molar-refractivity contribution is 0.0287. The Morgan fingerprint density at radius 2 is 1.95 bits per heavy atom. The lowest BCUT2D eigenvalue weighted by atomic mass is 10.2. The summed E-state index contributed by atoms with van der Waals surface area (Å²) in [7, 11) is 3.32. The van der Waals surface area contributed by atoms with Crippen molar-refractivity contribution in [2.75, 3.05) is 40.5 Å². The van der Waals surface area contributed by atoms with Crippen LogP contribution in [0.1, 0.15) is 12.0 Å². The predicted octanol–water partition coefficient (Wildman–Crippen LogP) is 1.20. The fraction of sp³-hybridized carbons (Fsp3) is 0.600. The summed E-state index contributed by atoms with van der Waals surface area (Å²) in [5, 5.41) is 12.9. The first-order valence-corrected chi connectivity index (χ1v) is 6.84. The van der Waals surface area contributed by atoms with E-state index in [1.54, 1.807) is 14.2 Å². The summed E-state index contributed by atoms with van der Waals surface area (Å²) in [6.45, 7) is 2.92. The summed E-state index contributed by atoms with van der Waals surface area (Å²) in [6, 6.07) is 7.70. The molecule has 2 N–H and O–H groups in total. The number of hydrogen-bond donors (Lipinski definition) is 2. The van der Waals surface area contributed by atoms with Crippen LogP contribution in [0.5, 0.6) is 5.75 Å². The largest absolute Gasteiger partial charge is 0.497 e. The van der Waals surface area contributed by atoms with Crippen LogP contribution in [-0.4, -0.2) is 51.7 Å². The molecule has 20 heavy (non-hydrogen) atoms. The Balaban J connectivity index is 2.07. The predicted molar refractivity (Wildman–Crippen MR) is 78.0 cm³/mol. The van der Waals surface area contributed by atoms with E-state index in [1.165, 1.54) is 0 Å². The highest BCUT2D eigenvalue weighted by Crippen LogP contribution is 2.11. The highest BCUT2D eigenvalue weighted by Gasteiger charge is 2.04. The molecular weight excluding hydrogens is 258 g/mol. The van der Waals surface area contributed by atoms with Crippen molar-refractivity contribution < 1.29 is 19.3 Å². The van der Waals surface area contributed by atoms with E-state index in [0.717, 1.165) is 30.9 Å². The standard InChI is InChI=1S/C15H25NO4/c1-18-9-3-8-16-10-14(17)12-20-11-13-4-6-15(19-2)7-5-13/h4-7,14,16-17H,3,8-12H2,1-2H3/t14-/m1/s1. The second-order valence-electron chi connectivity index (χ2n) is 4.57. The molecule has 0 aromatic heterocycles. The molecule has 0 radical (unpaired) electrons. The lowest BCUT2D eigenvalue weighted by Gasteiger charge is -2.12. The number of aliphatic hydroxyl groups is 1. The maximum Gasteiger partial charge on any atom is 0.118 e. The number of rotatable bonds is 11. The molecule has 1 aromatic rings. The van der Waals surface area contributed by atoms with Crippen molar-refractivity contribution in [2.24, 2.45) is 0 Å². The molecule has 0 fully saturated rings. The third-order valence-corrected chi connectivity index (χ3v) is 2.82. The van der Waals surface area contributed by atoms with Crippen molar-refractivity contribution in [1.82, 2.24) is 5.32 Å². The van der Waals surface area contributed by atoms with Gasteiger partial charge in [-0.2, -0.15) is 0 Å². The van der Waals surface area contributed by atoms with Crippen LogP contribution in [-0.2, 0) is 16.1 Å². The molecule has 0 saturated carbocycles. The lowest BCUT2D eigenvalue weighted by Crippen LogP contribution is -2.31. The molecule has 5 heteroatoms. The molecule has 0 unspecified atom stereocenters. The Bertz CT molecular complexity index is 342. The van der Waals surface area contributed by atoms with Gasteiger partial charge in [0.15, 0.2) is 0 Å². The van der Waals surface area contributed by atoms with Gasteiger partial charge in [-0.05, 0) is 30.7 Å². The number of hydrogen-bond acceptors (Lipinski definition) is 5. The second-order valence-corrected chi connectivity index (χ2v) is 4.57. The fourth-order valence-corrected chi connectivity index (χ4v) is 1.70. The summed E-state index contributed by atoms with van der Waals surface area (Å²) in [5.41, 5.74) is 1.06. The van der Waals surface area contributed by atoms with Crippen molar-refractivity contribution in [3.8, 4) is 5.75 Å². The minimum atomic E-state index is -0.490. The van der Waals surface area contributed by atoms with Gasteiger partial charge in [0.05, 0.1) is 26.4 Å². The van der Waals surface area contributed by atoms with Crippen LogP contribution in [0.2, 0.25) is 0 Å². The minimum absolute atomic E-state index is 0.323. The summed E-state index contributed by atoms with van der Waals surface area (Å²) in [4.78, 5) is 0. The minimum Gasteiger partial charge on any atom is -0.497 e. The average Bonchev–Trinajstić information content (AvgIpc) is 2.48. The van der Waals surface area contributed by atoms with E-state index in [2.05, 4.69) is 5.32 Å². The van der Waals surface area contributed by atoms with E-state index < -0.39 is 6.10 Å². The third-order valence-electron chi connectivity index (χ3n) is 2.82. The van der Waals surface area contributed by atoms with Crippen LogP contribution in [0.15, 0.2) is 24.3 Å². The zero-order chi connectivity index (χ0) is 14.6. The van der Waals surface area contributed by atoms with Gasteiger partial charge in [-0.1, -0.05) is 12.1 Å². The van der Waals surface area contributed by atoms with Gasteiger partial charge < -0.3 is 24.6 Å². The van der Waals surface area contributed by atoms with Crippen LogP contribution >= 0.6 is 0 Å². The smallest absolute Gasteiger partial charge is 0.118 e. The number of methoxy groups -OCH3 is 2. The highest BCUT2D eigenvalue weighted by molar-refractivity contribution is 5.26. The Morgan fingerprint density at radius 1 is 1.20 bits per heavy atom. The van der Waals surface area contributed by atoms with Gasteiger partial charge >= 0.3 is 0 Å². The van der Waals surface area contributed by atoms with Crippen molar-refractivity contribution >= 4 is 0 Å². The zero-order valence-electron chi connectivity index (χ0n) is 12.3. The molecule has 5 nitrogen and oxygen atoms in total. The van der Waals surface area contributed by atoms with Crippen LogP contribution in [0.25, 0.3) is 0 Å². The van der Waals surface area contributed by atoms with E-state index in [4.69, 9.17) is 14.2 Å². The van der Waals surface area contributed by atoms with Gasteiger partial charge in [-0.3, -0.25) is 0 Å². The molecule has 0 amide bonds. The van der Waals surface area contributed by atoms with Crippen LogP contribution < -0.4 is 10.1 Å². The monoisotopic (exact) mass is 283 g/mol. The number of aliphatic hydroxyl groups excluding tert-OH is 1. The first kappa shape index (κ1) is 16.9. The average molecular weight is 283 g/mol. The Hall–Kier alpha value is -1.14. The maximum absolute atomic E-state index is 9.73. The van der Waals surface area contributed by atoms with E-state index in [0.29, 0.717) is 19.8 Å². The van der Waals surface area contributed by atoms with Crippen molar-refractivity contribution in [3.05, 3.63) is 29.8 Å². The summed E-state index contributed by atoms with van der Waals surface area (Å²) < 4.78 is 15.5. The van der Waals surface area contributed by atoms with Crippen LogP contribution in [0, 0.1) is 0 Å². The molecule has 0 aliphatic heterocycles. The second kappa shape index (κ2) is 10.6. The van der Waals surface area contributed by atoms with E-state index in [9.17, 15) is 5.11 Å². The van der Waals surface area contributed by atoms with Gasteiger partial charge in [0.1, 0.15) is 5.75 Å². The third kappa shape index (κ3) is 7.45. The van der Waals surface area contributed by atoms with Gasteiger partial charge in [-0.25, -0.2) is 0 Å². The summed E-state index contributed by atoms with van der Waals surface area (Å²) in [5.74, 6) is 0.828. The van der Waals surface area contributed by atoms with Gasteiger partial charge in [0, 0.05) is 20.3 Å². The molecule has 0 aliphatic rings. The van der Waals surface area contributed by atoms with Crippen molar-refractivity contribution in [3.63, 3.8) is 0 Å². The molecule has 1 atom stereocenters. The van der Waals surface area contributed by atoms with Gasteiger partial charge in [0.2, 0.25) is 0 Å². The van der Waals surface area contributed by atoms with E-state index >= 15 is 0 Å². The normalized spacial score (nSPS) is 12.3. The molecule has 0 aliphatic carbocycles. The van der Waals surface area contributed by atoms with E-state index in [1.807, 2.05) is 24.3 Å². The molecular formula is C15H25NO4. The topological polar surface area (TPSA) is 60.0 Å². The van der Waals surface area contributed by atoms with Crippen LogP contribution in [0.3, 0.4) is 0 Å². The Morgan fingerprint density at radius 3 is 2.60 bits per heavy atom. The van der Waals surface area contributed by atoms with Gasteiger partial charge in [-0.15, -0.1) is 0 Å². The molecule has 0 bridgehead atoms. The summed E-state index contributed by atoms with van der Waals surface area (Å²) in [6.07, 6.45) is 0.450. The quantitative estimate of drug-likeness (QED) is 0.598.